The summed E-state index contributed by atoms with van der Waals surface area (Å²) in [5.41, 5.74) is 7.62. The van der Waals surface area contributed by atoms with E-state index < -0.39 is 0 Å². The maximum absolute atomic E-state index is 5.84. The first kappa shape index (κ1) is 13.6. The number of nitrogens with zero attached hydrogens (tertiary/aromatic N) is 2. The second-order valence-electron chi connectivity index (χ2n) is 4.88. The second kappa shape index (κ2) is 5.89. The normalized spacial score (nSPS) is 20.9. The zero-order valence-electron chi connectivity index (χ0n) is 11.0. The number of aromatic nitrogens is 1. The van der Waals surface area contributed by atoms with Gasteiger partial charge in [-0.2, -0.15) is 0 Å². The topological polar surface area (TPSA) is 54.2 Å². The van der Waals surface area contributed by atoms with Crippen LogP contribution in [-0.2, 0) is 0 Å². The monoisotopic (exact) mass is 312 g/mol. The van der Waals surface area contributed by atoms with Crippen molar-refractivity contribution in [1.29, 1.82) is 0 Å². The Hall–Kier alpha value is -0.810. The quantitative estimate of drug-likeness (QED) is 0.901. The number of nitrogens with two attached hydrogens (primary N) is 1. The summed E-state index contributed by atoms with van der Waals surface area (Å²) in [6, 6.07) is 0.477. The number of piperidine rings is 1. The molecular formula is C13H21BrN4. The maximum atomic E-state index is 5.84. The smallest absolute Gasteiger partial charge is 0.140 e. The van der Waals surface area contributed by atoms with E-state index in [1.165, 1.54) is 19.4 Å². The van der Waals surface area contributed by atoms with E-state index in [0.717, 1.165) is 34.6 Å². The van der Waals surface area contributed by atoms with Gasteiger partial charge in [0.1, 0.15) is 5.82 Å². The molecule has 0 bridgehead atoms. The van der Waals surface area contributed by atoms with Gasteiger partial charge in [0.15, 0.2) is 0 Å². The molecule has 2 rings (SSSR count). The first-order valence-corrected chi connectivity index (χ1v) is 7.30. The fourth-order valence-electron chi connectivity index (χ4n) is 2.35. The lowest BCUT2D eigenvalue weighted by Gasteiger charge is -2.32. The van der Waals surface area contributed by atoms with Gasteiger partial charge in [0.2, 0.25) is 0 Å². The Morgan fingerprint density at radius 2 is 2.39 bits per heavy atom. The number of halogens is 1. The van der Waals surface area contributed by atoms with Crippen LogP contribution in [0.4, 0.5) is 11.5 Å². The van der Waals surface area contributed by atoms with E-state index in [1.54, 1.807) is 6.20 Å². The van der Waals surface area contributed by atoms with Crippen LogP contribution in [0.25, 0.3) is 0 Å². The fraction of sp³-hybridized carbons (Fsp3) is 0.615. The zero-order valence-corrected chi connectivity index (χ0v) is 12.6. The van der Waals surface area contributed by atoms with E-state index in [2.05, 4.69) is 38.1 Å². The summed E-state index contributed by atoms with van der Waals surface area (Å²) in [5.74, 6) is 0.907. The summed E-state index contributed by atoms with van der Waals surface area (Å²) in [5, 5.41) is 3.53. The van der Waals surface area contributed by atoms with Crippen LogP contribution >= 0.6 is 15.9 Å². The number of likely N-dealkylation sites (N-methyl/N-ethyl adjacent to an activating group) is 1. The van der Waals surface area contributed by atoms with Gasteiger partial charge in [-0.1, -0.05) is 6.92 Å². The molecule has 1 aromatic heterocycles. The van der Waals surface area contributed by atoms with Crippen molar-refractivity contribution in [3.8, 4) is 0 Å². The molecule has 1 aliphatic heterocycles. The molecule has 1 saturated heterocycles. The molecule has 4 nitrogen and oxygen atoms in total. The van der Waals surface area contributed by atoms with Gasteiger partial charge in [-0.05, 0) is 54.3 Å². The predicted octanol–water partition coefficient (Wildman–Crippen LogP) is 2.63. The van der Waals surface area contributed by atoms with Crippen LogP contribution in [0.15, 0.2) is 10.7 Å². The Labute approximate surface area is 117 Å². The molecule has 0 aromatic carbocycles. The van der Waals surface area contributed by atoms with E-state index in [1.807, 2.05) is 6.92 Å². The third-order valence-corrected chi connectivity index (χ3v) is 4.57. The molecule has 100 valence electrons. The lowest BCUT2D eigenvalue weighted by Crippen LogP contribution is -2.42. The van der Waals surface area contributed by atoms with Gasteiger partial charge in [0, 0.05) is 12.6 Å². The first-order valence-electron chi connectivity index (χ1n) is 6.51. The summed E-state index contributed by atoms with van der Waals surface area (Å²) in [7, 11) is 0. The average Bonchev–Trinajstić information content (AvgIpc) is 2.40. The van der Waals surface area contributed by atoms with Crippen molar-refractivity contribution in [1.82, 2.24) is 9.88 Å². The van der Waals surface area contributed by atoms with Gasteiger partial charge >= 0.3 is 0 Å². The lowest BCUT2D eigenvalue weighted by molar-refractivity contribution is 0.226. The Bertz CT molecular complexity index is 422. The maximum Gasteiger partial charge on any atom is 0.140 e. The number of hydrogen-bond donors (Lipinski definition) is 2. The molecule has 0 saturated carbocycles. The summed E-state index contributed by atoms with van der Waals surface area (Å²) in [6.07, 6.45) is 4.17. The molecule has 1 aliphatic rings. The fourth-order valence-corrected chi connectivity index (χ4v) is 2.79. The number of hydrogen-bond acceptors (Lipinski definition) is 4. The SMILES string of the molecule is CCN1CCCC(Nc2ncc(N)c(C)c2Br)C1. The summed E-state index contributed by atoms with van der Waals surface area (Å²) >= 11 is 3.57. The van der Waals surface area contributed by atoms with Crippen LogP contribution in [0, 0.1) is 6.92 Å². The van der Waals surface area contributed by atoms with Crippen molar-refractivity contribution in [2.45, 2.75) is 32.7 Å². The van der Waals surface area contributed by atoms with Crippen molar-refractivity contribution >= 4 is 27.4 Å². The highest BCUT2D eigenvalue weighted by molar-refractivity contribution is 9.10. The summed E-state index contributed by atoms with van der Waals surface area (Å²) in [4.78, 5) is 6.85. The van der Waals surface area contributed by atoms with Gasteiger partial charge in [-0.15, -0.1) is 0 Å². The van der Waals surface area contributed by atoms with Gasteiger partial charge in [0.25, 0.3) is 0 Å². The van der Waals surface area contributed by atoms with Crippen molar-refractivity contribution in [3.63, 3.8) is 0 Å². The van der Waals surface area contributed by atoms with Crippen LogP contribution in [0.5, 0.6) is 0 Å². The van der Waals surface area contributed by atoms with E-state index >= 15 is 0 Å². The number of nitrogens with one attached hydrogen (secondary N) is 1. The molecule has 5 heteroatoms. The molecule has 3 N–H and O–H groups in total. The Balaban J connectivity index is 2.07. The molecule has 1 unspecified atom stereocenters. The largest absolute Gasteiger partial charge is 0.397 e. The van der Waals surface area contributed by atoms with Crippen LogP contribution in [0.2, 0.25) is 0 Å². The molecule has 2 heterocycles. The standard InChI is InChI=1S/C13H21BrN4/c1-3-18-6-4-5-10(8-18)17-13-12(14)9(2)11(15)7-16-13/h7,10H,3-6,8,15H2,1-2H3,(H,16,17). The number of pyridine rings is 1. The van der Waals surface area contributed by atoms with E-state index in [0.29, 0.717) is 6.04 Å². The second-order valence-corrected chi connectivity index (χ2v) is 5.67. The minimum absolute atomic E-state index is 0.477. The van der Waals surface area contributed by atoms with Crippen molar-refractivity contribution < 1.29 is 0 Å². The average molecular weight is 313 g/mol. The van der Waals surface area contributed by atoms with Crippen molar-refractivity contribution in [3.05, 3.63) is 16.2 Å². The highest BCUT2D eigenvalue weighted by Crippen LogP contribution is 2.28. The zero-order chi connectivity index (χ0) is 13.1. The minimum Gasteiger partial charge on any atom is -0.397 e. The molecule has 1 aromatic rings. The van der Waals surface area contributed by atoms with Crippen LogP contribution in [0.1, 0.15) is 25.3 Å². The van der Waals surface area contributed by atoms with Crippen LogP contribution in [0.3, 0.4) is 0 Å². The molecule has 0 aliphatic carbocycles. The summed E-state index contributed by atoms with van der Waals surface area (Å²) < 4.78 is 0.983. The molecule has 18 heavy (non-hydrogen) atoms. The third kappa shape index (κ3) is 2.95. The molecule has 0 spiro atoms. The number of nitrogen functional groups attached to an aromatic ring is 1. The first-order chi connectivity index (χ1) is 8.61. The molecular weight excluding hydrogens is 292 g/mol. The van der Waals surface area contributed by atoms with E-state index in [-0.39, 0.29) is 0 Å². The van der Waals surface area contributed by atoms with Gasteiger partial charge in [-0.3, -0.25) is 0 Å². The third-order valence-electron chi connectivity index (χ3n) is 3.60. The Kier molecular flexibility index (Phi) is 4.45. The predicted molar refractivity (Wildman–Crippen MR) is 79.8 cm³/mol. The van der Waals surface area contributed by atoms with Crippen molar-refractivity contribution in [2.24, 2.45) is 0 Å². The highest BCUT2D eigenvalue weighted by atomic mass is 79.9. The number of likely N-dealkylation sites (tertiary alicyclic amines) is 1. The Morgan fingerprint density at radius 1 is 1.61 bits per heavy atom. The lowest BCUT2D eigenvalue weighted by atomic mass is 10.1. The van der Waals surface area contributed by atoms with Crippen LogP contribution in [-0.4, -0.2) is 35.6 Å². The van der Waals surface area contributed by atoms with Crippen LogP contribution < -0.4 is 11.1 Å². The van der Waals surface area contributed by atoms with Gasteiger partial charge < -0.3 is 16.0 Å². The van der Waals surface area contributed by atoms with E-state index in [9.17, 15) is 0 Å². The minimum atomic E-state index is 0.477. The highest BCUT2D eigenvalue weighted by Gasteiger charge is 2.20. The molecule has 1 fully saturated rings. The van der Waals surface area contributed by atoms with Gasteiger partial charge in [0.05, 0.1) is 16.4 Å². The Morgan fingerprint density at radius 3 is 3.11 bits per heavy atom. The molecule has 1 atom stereocenters. The molecule has 0 radical (unpaired) electrons. The molecule has 0 amide bonds. The number of rotatable bonds is 3. The summed E-state index contributed by atoms with van der Waals surface area (Å²) in [6.45, 7) is 7.64. The van der Waals surface area contributed by atoms with E-state index in [4.69, 9.17) is 5.73 Å². The number of anilines is 2. The van der Waals surface area contributed by atoms with Crippen molar-refractivity contribution in [2.75, 3.05) is 30.7 Å². The van der Waals surface area contributed by atoms with Gasteiger partial charge in [-0.25, -0.2) is 4.98 Å².